The molecule has 1 aliphatic rings. The minimum Gasteiger partial charge on any atom is -0.481 e. The lowest BCUT2D eigenvalue weighted by Crippen LogP contribution is -2.49. The van der Waals surface area contributed by atoms with E-state index in [1.54, 1.807) is 6.92 Å². The van der Waals surface area contributed by atoms with Crippen molar-refractivity contribution in [1.82, 2.24) is 4.90 Å². The number of carbonyl (C=O) groups is 2. The van der Waals surface area contributed by atoms with Gasteiger partial charge in [0.1, 0.15) is 11.6 Å². The number of nitrogens with zero attached hydrogens (tertiary/aromatic N) is 1. The first kappa shape index (κ1) is 19.0. The van der Waals surface area contributed by atoms with E-state index in [4.69, 9.17) is 9.84 Å². The van der Waals surface area contributed by atoms with Crippen molar-refractivity contribution in [1.29, 1.82) is 0 Å². The number of aryl methyl sites for hydroxylation is 1. The second kappa shape index (κ2) is 7.84. The Kier molecular flexibility index (Phi) is 5.51. The lowest BCUT2D eigenvalue weighted by Gasteiger charge is -2.35. The lowest BCUT2D eigenvalue weighted by molar-refractivity contribution is -0.139. The zero-order valence-corrected chi connectivity index (χ0v) is 14.7. The maximum absolute atomic E-state index is 14.7. The Labute approximate surface area is 155 Å². The number of hydrogen-bond acceptors (Lipinski definition) is 3. The van der Waals surface area contributed by atoms with Gasteiger partial charge < -0.3 is 14.7 Å². The molecule has 1 saturated heterocycles. The van der Waals surface area contributed by atoms with Crippen LogP contribution in [0.2, 0.25) is 0 Å². The predicted octanol–water partition coefficient (Wildman–Crippen LogP) is 3.26. The van der Waals surface area contributed by atoms with Gasteiger partial charge in [-0.3, -0.25) is 9.59 Å². The van der Waals surface area contributed by atoms with Gasteiger partial charge in [0.15, 0.2) is 0 Å². The van der Waals surface area contributed by atoms with E-state index in [0.29, 0.717) is 17.7 Å². The Hall–Kier alpha value is -2.80. The molecule has 1 amide bonds. The smallest absolute Gasteiger partial charge is 0.305 e. The van der Waals surface area contributed by atoms with Gasteiger partial charge in [-0.1, -0.05) is 12.1 Å². The molecule has 7 heteroatoms. The average Bonchev–Trinajstić information content (AvgIpc) is 2.62. The summed E-state index contributed by atoms with van der Waals surface area (Å²) in [7, 11) is 0. The van der Waals surface area contributed by atoms with Gasteiger partial charge >= 0.3 is 5.97 Å². The van der Waals surface area contributed by atoms with Crippen LogP contribution in [0.3, 0.4) is 0 Å². The first-order valence-corrected chi connectivity index (χ1v) is 8.53. The number of amides is 1. The van der Waals surface area contributed by atoms with Gasteiger partial charge in [-0.15, -0.1) is 0 Å². The zero-order valence-electron chi connectivity index (χ0n) is 14.7. The summed E-state index contributed by atoms with van der Waals surface area (Å²) < 4.78 is 33.2. The van der Waals surface area contributed by atoms with Crippen LogP contribution in [0.1, 0.15) is 22.3 Å². The van der Waals surface area contributed by atoms with E-state index in [1.165, 1.54) is 35.2 Å². The van der Waals surface area contributed by atoms with Crippen molar-refractivity contribution in [3.05, 3.63) is 59.2 Å². The molecular weight excluding hydrogens is 356 g/mol. The van der Waals surface area contributed by atoms with Crippen LogP contribution >= 0.6 is 0 Å². The lowest BCUT2D eigenvalue weighted by atomic mass is 9.98. The number of halogens is 2. The molecule has 0 spiro atoms. The highest BCUT2D eigenvalue weighted by molar-refractivity contribution is 5.95. The van der Waals surface area contributed by atoms with Gasteiger partial charge in [0.2, 0.25) is 0 Å². The summed E-state index contributed by atoms with van der Waals surface area (Å²) in [5.41, 5.74) is 1.53. The monoisotopic (exact) mass is 375 g/mol. The Bertz CT molecular complexity index is 884. The molecule has 2 aromatic rings. The summed E-state index contributed by atoms with van der Waals surface area (Å²) in [6.45, 7) is 2.36. The number of carboxylic acids is 1. The third kappa shape index (κ3) is 4.14. The molecule has 1 heterocycles. The summed E-state index contributed by atoms with van der Waals surface area (Å²) in [6, 6.07) is 7.59. The van der Waals surface area contributed by atoms with E-state index in [-0.39, 0.29) is 30.7 Å². The molecule has 3 rings (SSSR count). The van der Waals surface area contributed by atoms with Gasteiger partial charge in [0.25, 0.3) is 5.91 Å². The molecule has 5 nitrogen and oxygen atoms in total. The molecule has 0 radical (unpaired) electrons. The van der Waals surface area contributed by atoms with E-state index >= 15 is 0 Å². The maximum atomic E-state index is 14.7. The van der Waals surface area contributed by atoms with Crippen molar-refractivity contribution in [3.63, 3.8) is 0 Å². The highest BCUT2D eigenvalue weighted by Crippen LogP contribution is 2.28. The number of carbonyl (C=O) groups excluding carboxylic acids is 1. The Morgan fingerprint density at radius 2 is 1.93 bits per heavy atom. The van der Waals surface area contributed by atoms with Crippen LogP contribution in [0, 0.1) is 18.6 Å². The van der Waals surface area contributed by atoms with Gasteiger partial charge in [0.05, 0.1) is 25.7 Å². The van der Waals surface area contributed by atoms with E-state index in [1.807, 2.05) is 0 Å². The number of morpholine rings is 1. The summed E-state index contributed by atoms with van der Waals surface area (Å²) in [6.07, 6.45) is -0.235. The SMILES string of the molecule is Cc1cc(F)ccc1-c1ccc(C(=O)N2CCOCC2CC(=O)O)cc1F. The Morgan fingerprint density at radius 1 is 1.19 bits per heavy atom. The summed E-state index contributed by atoms with van der Waals surface area (Å²) in [5.74, 6) is -2.47. The number of carboxylic acid groups (broad SMARTS) is 1. The number of ether oxygens (including phenoxy) is 1. The zero-order chi connectivity index (χ0) is 19.6. The quantitative estimate of drug-likeness (QED) is 0.891. The number of hydrogen-bond donors (Lipinski definition) is 1. The minimum absolute atomic E-state index is 0.132. The fourth-order valence-corrected chi connectivity index (χ4v) is 3.25. The topological polar surface area (TPSA) is 66.8 Å². The van der Waals surface area contributed by atoms with E-state index in [2.05, 4.69) is 0 Å². The van der Waals surface area contributed by atoms with Gasteiger partial charge in [0, 0.05) is 17.7 Å². The van der Waals surface area contributed by atoms with Crippen LogP contribution in [0.5, 0.6) is 0 Å². The number of rotatable bonds is 4. The molecule has 0 saturated carbocycles. The number of benzene rings is 2. The molecule has 1 aliphatic heterocycles. The van der Waals surface area contributed by atoms with Gasteiger partial charge in [-0.25, -0.2) is 8.78 Å². The van der Waals surface area contributed by atoms with Crippen molar-refractivity contribution in [2.24, 2.45) is 0 Å². The number of aliphatic carboxylic acids is 1. The van der Waals surface area contributed by atoms with Crippen LogP contribution < -0.4 is 0 Å². The molecule has 2 aromatic carbocycles. The second-order valence-corrected chi connectivity index (χ2v) is 6.48. The molecule has 1 fully saturated rings. The minimum atomic E-state index is -1.03. The highest BCUT2D eigenvalue weighted by atomic mass is 19.1. The molecule has 0 aliphatic carbocycles. The maximum Gasteiger partial charge on any atom is 0.305 e. The summed E-state index contributed by atoms with van der Waals surface area (Å²) >= 11 is 0. The van der Waals surface area contributed by atoms with E-state index < -0.39 is 29.6 Å². The third-order valence-electron chi connectivity index (χ3n) is 4.59. The first-order valence-electron chi connectivity index (χ1n) is 8.53. The van der Waals surface area contributed by atoms with Crippen LogP contribution in [-0.4, -0.2) is 47.7 Å². The molecule has 1 atom stereocenters. The molecule has 0 bridgehead atoms. The van der Waals surface area contributed by atoms with Gasteiger partial charge in [-0.2, -0.15) is 0 Å². The molecule has 1 unspecified atom stereocenters. The fraction of sp³-hybridized carbons (Fsp3) is 0.300. The van der Waals surface area contributed by atoms with Crippen molar-refractivity contribution >= 4 is 11.9 Å². The third-order valence-corrected chi connectivity index (χ3v) is 4.59. The van der Waals surface area contributed by atoms with E-state index in [9.17, 15) is 18.4 Å². The first-order chi connectivity index (χ1) is 12.9. The van der Waals surface area contributed by atoms with Crippen LogP contribution in [0.4, 0.5) is 8.78 Å². The molecule has 27 heavy (non-hydrogen) atoms. The molecule has 1 N–H and O–H groups in total. The Morgan fingerprint density at radius 3 is 2.59 bits per heavy atom. The van der Waals surface area contributed by atoms with Crippen molar-refractivity contribution in [2.45, 2.75) is 19.4 Å². The predicted molar refractivity (Wildman–Crippen MR) is 94.4 cm³/mol. The largest absolute Gasteiger partial charge is 0.481 e. The normalized spacial score (nSPS) is 17.0. The van der Waals surface area contributed by atoms with Crippen LogP contribution in [0.25, 0.3) is 11.1 Å². The fourth-order valence-electron chi connectivity index (χ4n) is 3.25. The Balaban J connectivity index is 1.88. The van der Waals surface area contributed by atoms with Crippen LogP contribution in [-0.2, 0) is 9.53 Å². The summed E-state index contributed by atoms with van der Waals surface area (Å²) in [4.78, 5) is 25.2. The second-order valence-electron chi connectivity index (χ2n) is 6.48. The van der Waals surface area contributed by atoms with Crippen molar-refractivity contribution in [3.8, 4) is 11.1 Å². The molecule has 142 valence electrons. The molecule has 0 aromatic heterocycles. The van der Waals surface area contributed by atoms with Crippen LogP contribution in [0.15, 0.2) is 36.4 Å². The standard InChI is InChI=1S/C20H19F2NO4/c1-12-8-14(21)3-5-16(12)17-4-2-13(9-18(17)22)20(26)23-6-7-27-11-15(23)10-19(24)25/h2-5,8-9,15H,6-7,10-11H2,1H3,(H,24,25). The van der Waals surface area contributed by atoms with Gasteiger partial charge in [-0.05, 0) is 42.3 Å². The molecular formula is C20H19F2NO4. The average molecular weight is 375 g/mol. The summed E-state index contributed by atoms with van der Waals surface area (Å²) in [5, 5.41) is 9.01. The van der Waals surface area contributed by atoms with Crippen molar-refractivity contribution < 1.29 is 28.2 Å². The van der Waals surface area contributed by atoms with E-state index in [0.717, 1.165) is 6.07 Å². The van der Waals surface area contributed by atoms with Crippen molar-refractivity contribution in [2.75, 3.05) is 19.8 Å². The highest BCUT2D eigenvalue weighted by Gasteiger charge is 2.30.